The van der Waals surface area contributed by atoms with E-state index in [0.29, 0.717) is 99.8 Å². The Bertz CT molecular complexity index is 7280. The number of carbonyl (C=O) groups is 4. The summed E-state index contributed by atoms with van der Waals surface area (Å²) >= 11 is 5.94. The second-order valence-electron chi connectivity index (χ2n) is 31.6. The van der Waals surface area contributed by atoms with Crippen LogP contribution in [0.15, 0.2) is 310 Å². The standard InChI is InChI=1S/C23H18FN3O.C22H17FN4O.C20H15ClFN3O.C18H16N2O2S.C17H13FN4O/c1-26-10-8-17-11-15(6-7-22(17)26)16-4-5-18(20(24)12-16)13-27-14-21-19(23(27)28)3-2-9-25-21;1-26-13-18-17(5-2-6-20(18)25-26)14-7-8-15(19(23)10-14)11-27-12-16-4-3-9-24-21(16)22(27)28;1-12-7-16(9-24-19(12)21)13-4-5-14(17(22)8-13)10-25-11-15-3-2-6-23-18(15)20(25)26;21-23(22)18-6-2-1-5-16(18)14-20(23)13-15-7-9-17(10-8-15)19-11-3-4-12-19;18-16-7-14(22-11-19-10-20-22)6-5-13(16)9-21-8-12-3-1-2-4-15(12)17(21)23/h2-12H,13-14H2,1H3;2-10,13H,11-12H2,1H3;2-9H,10-11H2,1H3;1-12H,13-14H2;1-7,10-11H,8-9H2. The van der Waals surface area contributed by atoms with Crippen LogP contribution >= 0.6 is 11.6 Å². The van der Waals surface area contributed by atoms with Gasteiger partial charge >= 0.3 is 0 Å². The molecule has 22 rings (SSSR count). The molecule has 9 aromatic carbocycles. The normalized spacial score (nSPS) is 13.9. The number of hydrogen-bond acceptors (Lipinski definition) is 13. The minimum absolute atomic E-state index is 0.0552. The van der Waals surface area contributed by atoms with Crippen molar-refractivity contribution in [3.05, 3.63) is 417 Å². The number of aromatic nitrogens is 11. The van der Waals surface area contributed by atoms with Gasteiger partial charge in [0.1, 0.15) is 52.5 Å². The third-order valence-electron chi connectivity index (χ3n) is 23.1. The Hall–Kier alpha value is -15.2. The van der Waals surface area contributed by atoms with Gasteiger partial charge in [-0.2, -0.15) is 14.5 Å². The van der Waals surface area contributed by atoms with Crippen LogP contribution in [0.2, 0.25) is 5.15 Å². The fraction of sp³-hybridized carbons (Fsp3) is 0.130. The fourth-order valence-electron chi connectivity index (χ4n) is 16.4. The fourth-order valence-corrected chi connectivity index (χ4v) is 18.1. The molecule has 0 atom stereocenters. The number of rotatable bonds is 15. The van der Waals surface area contributed by atoms with Gasteiger partial charge in [-0.15, -0.1) is 0 Å². The van der Waals surface area contributed by atoms with E-state index in [4.69, 9.17) is 11.6 Å². The van der Waals surface area contributed by atoms with Crippen molar-refractivity contribution >= 4 is 67.1 Å². The van der Waals surface area contributed by atoms with Crippen LogP contribution in [0, 0.1) is 30.2 Å². The zero-order valence-corrected chi connectivity index (χ0v) is 70.9. The molecule has 13 heterocycles. The molecule has 28 heteroatoms. The monoisotopic (exact) mass is 1740 g/mol. The second kappa shape index (κ2) is 35.8. The van der Waals surface area contributed by atoms with E-state index in [1.54, 1.807) is 116 Å². The van der Waals surface area contributed by atoms with Gasteiger partial charge in [0.2, 0.25) is 10.0 Å². The number of halogens is 5. The molecule has 4 amide bonds. The van der Waals surface area contributed by atoms with E-state index in [0.717, 1.165) is 99.9 Å². The maximum atomic E-state index is 14.9. The van der Waals surface area contributed by atoms with Crippen LogP contribution in [0.4, 0.5) is 17.6 Å². The topological polar surface area (TPSA) is 229 Å². The third kappa shape index (κ3) is 17.4. The number of amides is 4. The molecule has 5 aliphatic heterocycles. The molecule has 17 aromatic rings. The summed E-state index contributed by atoms with van der Waals surface area (Å²) < 4.78 is 92.6. The lowest BCUT2D eigenvalue weighted by atomic mass is 10.00. The molecule has 0 saturated carbocycles. The van der Waals surface area contributed by atoms with Crippen molar-refractivity contribution in [2.75, 3.05) is 0 Å². The summed E-state index contributed by atoms with van der Waals surface area (Å²) in [5.74, 6) is -1.81. The summed E-state index contributed by atoms with van der Waals surface area (Å²) in [6.07, 6.45) is 17.3. The van der Waals surface area contributed by atoms with Crippen molar-refractivity contribution < 1.29 is 45.2 Å². The number of benzene rings is 9. The number of sulfonamides is 1. The van der Waals surface area contributed by atoms with Crippen molar-refractivity contribution in [2.24, 2.45) is 14.1 Å². The van der Waals surface area contributed by atoms with Crippen LogP contribution in [0.1, 0.15) is 103 Å². The van der Waals surface area contributed by atoms with Crippen molar-refractivity contribution in [1.82, 2.24) is 77.5 Å². The van der Waals surface area contributed by atoms with E-state index in [1.165, 1.54) is 39.8 Å². The van der Waals surface area contributed by atoms with Gasteiger partial charge in [-0.05, 0) is 178 Å². The molecule has 0 N–H and O–H groups in total. The first-order chi connectivity index (χ1) is 62.1. The van der Waals surface area contributed by atoms with Crippen LogP contribution in [0.5, 0.6) is 0 Å². The highest BCUT2D eigenvalue weighted by Gasteiger charge is 2.36. The van der Waals surface area contributed by atoms with Crippen molar-refractivity contribution in [3.63, 3.8) is 0 Å². The van der Waals surface area contributed by atoms with Crippen LogP contribution in [-0.4, -0.2) is 110 Å². The average molecular weight is 1740 g/mol. The van der Waals surface area contributed by atoms with E-state index >= 15 is 0 Å². The number of hydrogen-bond donors (Lipinski definition) is 0. The smallest absolute Gasteiger partial charge is 0.273 e. The molecule has 0 radical (unpaired) electrons. The van der Waals surface area contributed by atoms with Gasteiger partial charge in [0.05, 0.1) is 33.9 Å². The number of nitrogens with zero attached hydrogens (tertiary/aromatic N) is 16. The van der Waals surface area contributed by atoms with Crippen molar-refractivity contribution in [1.29, 1.82) is 0 Å². The van der Waals surface area contributed by atoms with Gasteiger partial charge in [-0.1, -0.05) is 133 Å². The van der Waals surface area contributed by atoms with Gasteiger partial charge in [0.15, 0.2) is 0 Å². The number of aryl methyl sites for hydroxylation is 3. The molecule has 5 aliphatic rings. The molecule has 22 nitrogen and oxygen atoms in total. The highest BCUT2D eigenvalue weighted by Crippen LogP contribution is 2.37. The minimum atomic E-state index is -3.37. The highest BCUT2D eigenvalue weighted by molar-refractivity contribution is 7.89. The molecule has 636 valence electrons. The van der Waals surface area contributed by atoms with Crippen LogP contribution in [0.25, 0.3) is 66.6 Å². The lowest BCUT2D eigenvalue weighted by Crippen LogP contribution is -2.24. The summed E-state index contributed by atoms with van der Waals surface area (Å²) in [6, 6.07) is 73.6. The van der Waals surface area contributed by atoms with Gasteiger partial charge < -0.3 is 28.7 Å². The Labute approximate surface area is 738 Å². The molecule has 0 aliphatic carbocycles. The molecule has 0 spiro atoms. The SMILES string of the molecule is Cc1cc(-c2ccc(CN3Cc4cccnc4C3=O)c(F)c2)cnc1Cl.Cn1cc2c(-c3ccc(CN4Cc5cccnc5C4=O)c(F)c3)cccc2n1.Cn1ccc2cc(-c3ccc(CN4Cc5ncccc5C4=O)c(F)c3)ccc21.O=C1c2ccccc2CN1Cc1ccc(-n2cncn2)cc1F.O=S1(=O)c2ccccc2CN1Cc1ccc(-n2cccc2)cc1. The largest absolute Gasteiger partial charge is 0.351 e. The molecular formula is C100H79ClF4N16O6S. The molecule has 0 fully saturated rings. The van der Waals surface area contributed by atoms with E-state index in [2.05, 4.69) is 45.8 Å². The zero-order chi connectivity index (χ0) is 88.4. The van der Waals surface area contributed by atoms with E-state index in [-0.39, 0.29) is 73.1 Å². The van der Waals surface area contributed by atoms with Crippen LogP contribution < -0.4 is 0 Å². The number of carbonyl (C=O) groups excluding carboxylic acids is 4. The van der Waals surface area contributed by atoms with Gasteiger partial charge in [-0.3, -0.25) is 38.8 Å². The quantitative estimate of drug-likeness (QED) is 0.0688. The lowest BCUT2D eigenvalue weighted by molar-refractivity contribution is 0.0754. The molecule has 0 saturated heterocycles. The Kier molecular flexibility index (Phi) is 23.4. The van der Waals surface area contributed by atoms with Crippen LogP contribution in [-0.2, 0) is 89.6 Å². The van der Waals surface area contributed by atoms with E-state index in [1.807, 2.05) is 202 Å². The molecule has 0 bridgehead atoms. The molecule has 128 heavy (non-hydrogen) atoms. The van der Waals surface area contributed by atoms with E-state index in [9.17, 15) is 45.2 Å². The number of fused-ring (bicyclic) bond motifs is 7. The molecule has 0 unspecified atom stereocenters. The summed E-state index contributed by atoms with van der Waals surface area (Å²) in [7, 11) is 0.503. The highest BCUT2D eigenvalue weighted by atomic mass is 35.5. The van der Waals surface area contributed by atoms with Gasteiger partial charge in [-0.25, -0.2) is 40.6 Å². The number of pyridine rings is 4. The van der Waals surface area contributed by atoms with Gasteiger partial charge in [0.25, 0.3) is 23.6 Å². The Morgan fingerprint density at radius 3 is 1.59 bits per heavy atom. The van der Waals surface area contributed by atoms with Gasteiger partial charge in [0, 0.05) is 189 Å². The summed E-state index contributed by atoms with van der Waals surface area (Å²) in [4.78, 5) is 77.1. The average Bonchev–Trinajstić information content (AvgIpc) is 1.62. The van der Waals surface area contributed by atoms with E-state index < -0.39 is 10.0 Å². The minimum Gasteiger partial charge on any atom is -0.351 e. The second-order valence-corrected chi connectivity index (χ2v) is 33.8. The lowest BCUT2D eigenvalue weighted by Gasteiger charge is -2.16. The third-order valence-corrected chi connectivity index (χ3v) is 25.4. The molecular weight excluding hydrogens is 1660 g/mol. The molecule has 8 aromatic heterocycles. The first-order valence-electron chi connectivity index (χ1n) is 41.1. The first kappa shape index (κ1) is 83.7. The first-order valence-corrected chi connectivity index (χ1v) is 42.9. The Morgan fingerprint density at radius 2 is 0.969 bits per heavy atom. The Morgan fingerprint density at radius 1 is 0.438 bits per heavy atom. The van der Waals surface area contributed by atoms with Crippen molar-refractivity contribution in [2.45, 2.75) is 77.3 Å². The maximum Gasteiger partial charge on any atom is 0.273 e. The Balaban J connectivity index is 0.000000108. The summed E-state index contributed by atoms with van der Waals surface area (Å²) in [5.41, 5.74) is 19.0. The predicted octanol–water partition coefficient (Wildman–Crippen LogP) is 18.6. The van der Waals surface area contributed by atoms with Crippen LogP contribution in [0.3, 0.4) is 0 Å². The predicted molar refractivity (Wildman–Crippen MR) is 477 cm³/mol. The zero-order valence-electron chi connectivity index (χ0n) is 69.3. The van der Waals surface area contributed by atoms with Crippen molar-refractivity contribution in [3.8, 4) is 44.8 Å². The maximum absolute atomic E-state index is 14.9. The summed E-state index contributed by atoms with van der Waals surface area (Å²) in [5, 5.41) is 10.9. The summed E-state index contributed by atoms with van der Waals surface area (Å²) in [6.45, 7) is 5.44.